The molecule has 0 aromatic heterocycles. The lowest BCUT2D eigenvalue weighted by Gasteiger charge is -2.46. The van der Waals surface area contributed by atoms with Gasteiger partial charge in [-0.1, -0.05) is 0 Å². The minimum Gasteiger partial charge on any atom is -0.394 e. The second-order valence-corrected chi connectivity index (χ2v) is 11.6. The van der Waals surface area contributed by atoms with Crippen LogP contribution >= 0.6 is 0 Å². The summed E-state index contributed by atoms with van der Waals surface area (Å²) in [4.78, 5) is 0. The fourth-order valence-corrected chi connectivity index (χ4v) is 5.91. The molecule has 0 aromatic carbocycles. The molecule has 0 radical (unpaired) electrons. The Morgan fingerprint density at radius 2 is 1.31 bits per heavy atom. The predicted octanol–water partition coefficient (Wildman–Crippen LogP) is -7.51. The van der Waals surface area contributed by atoms with Crippen molar-refractivity contribution in [1.29, 1.82) is 0 Å². The van der Waals surface area contributed by atoms with E-state index in [4.69, 9.17) is 68.6 Å². The van der Waals surface area contributed by atoms with Gasteiger partial charge in [0.1, 0.15) is 48.8 Å². The number of rotatable bonds is 10. The van der Waals surface area contributed by atoms with E-state index < -0.39 is 117 Å². The summed E-state index contributed by atoms with van der Waals surface area (Å²) in [7, 11) is 0. The molecule has 0 amide bonds. The van der Waals surface area contributed by atoms with Crippen LogP contribution in [0.1, 0.15) is 19.3 Å². The highest BCUT2D eigenvalue weighted by Gasteiger charge is 2.53. The highest BCUT2D eigenvalue weighted by atomic mass is 16.8. The highest BCUT2D eigenvalue weighted by Crippen LogP contribution is 2.34. The monoisotopic (exact) mass is 611 g/mol. The molecule has 4 aliphatic rings. The van der Waals surface area contributed by atoms with Crippen LogP contribution in [0, 0.1) is 0 Å². The molecule has 1 saturated carbocycles. The summed E-state index contributed by atoms with van der Waals surface area (Å²) in [5, 5.41) is 52.6. The summed E-state index contributed by atoms with van der Waals surface area (Å²) >= 11 is 0. The van der Waals surface area contributed by atoms with Gasteiger partial charge in [0.2, 0.25) is 0 Å². The zero-order chi connectivity index (χ0) is 30.9. The topological polar surface area (TPSA) is 339 Å². The van der Waals surface area contributed by atoms with Gasteiger partial charge in [-0.05, 0) is 19.3 Å². The third-order valence-electron chi connectivity index (χ3n) is 8.58. The van der Waals surface area contributed by atoms with E-state index in [1.807, 2.05) is 0 Å². The average molecular weight is 612 g/mol. The Hall–Kier alpha value is -0.720. The van der Waals surface area contributed by atoms with Gasteiger partial charge in [-0.25, -0.2) is 0 Å². The molecule has 4 rings (SSSR count). The molecule has 18 nitrogen and oxygen atoms in total. The number of nitrogens with two attached hydrogens (primary N) is 7. The van der Waals surface area contributed by atoms with Crippen molar-refractivity contribution < 1.29 is 54.0 Å². The van der Waals surface area contributed by atoms with Crippen molar-refractivity contribution in [1.82, 2.24) is 0 Å². The summed E-state index contributed by atoms with van der Waals surface area (Å²) in [5.74, 6) is 0. The molecule has 0 bridgehead atoms. The summed E-state index contributed by atoms with van der Waals surface area (Å²) in [6.07, 6.45) is -14.0. The maximum absolute atomic E-state index is 11.2. The Balaban J connectivity index is 1.48. The van der Waals surface area contributed by atoms with E-state index in [-0.39, 0.29) is 19.5 Å². The molecule has 246 valence electrons. The first-order chi connectivity index (χ1) is 19.9. The van der Waals surface area contributed by atoms with Gasteiger partial charge in [0.15, 0.2) is 18.9 Å². The van der Waals surface area contributed by atoms with E-state index in [0.717, 1.165) is 0 Å². The van der Waals surface area contributed by atoms with Crippen molar-refractivity contribution in [3.05, 3.63) is 0 Å². The van der Waals surface area contributed by atoms with Crippen molar-refractivity contribution >= 4 is 0 Å². The van der Waals surface area contributed by atoms with Gasteiger partial charge in [-0.15, -0.1) is 0 Å². The van der Waals surface area contributed by atoms with E-state index >= 15 is 0 Å². The molecule has 4 fully saturated rings. The molecule has 42 heavy (non-hydrogen) atoms. The smallest absolute Gasteiger partial charge is 0.187 e. The Labute approximate surface area is 243 Å². The number of aliphatic hydroxyl groups is 5. The number of hydrogen-bond donors (Lipinski definition) is 12. The van der Waals surface area contributed by atoms with Crippen molar-refractivity contribution in [2.45, 2.75) is 129 Å². The maximum Gasteiger partial charge on any atom is 0.187 e. The fourth-order valence-electron chi connectivity index (χ4n) is 5.91. The predicted molar refractivity (Wildman–Crippen MR) is 144 cm³/mol. The van der Waals surface area contributed by atoms with Crippen LogP contribution in [0.15, 0.2) is 0 Å². The lowest BCUT2D eigenvalue weighted by Crippen LogP contribution is -2.66. The molecule has 1 aliphatic carbocycles. The third-order valence-corrected chi connectivity index (χ3v) is 8.58. The molecule has 0 spiro atoms. The van der Waals surface area contributed by atoms with Crippen LogP contribution in [0.25, 0.3) is 0 Å². The maximum atomic E-state index is 11.2. The van der Waals surface area contributed by atoms with Crippen molar-refractivity contribution in [2.24, 2.45) is 40.1 Å². The molecule has 18 heteroatoms. The van der Waals surface area contributed by atoms with Crippen LogP contribution in [0.3, 0.4) is 0 Å². The van der Waals surface area contributed by atoms with E-state index in [1.165, 1.54) is 0 Å². The molecule has 19 N–H and O–H groups in total. The number of ether oxygens (including phenoxy) is 6. The Morgan fingerprint density at radius 1 is 0.667 bits per heavy atom. The molecular weight excluding hydrogens is 562 g/mol. The standard InChI is InChI=1S/C24H49N7O11/c25-4-10(30)11-2-1-7(27)22(37-11)40-19-9(29)3-8(28)15(33)21(19)42-24-18(36)20(13(6-32)39-24)41-23-14(31)17(35)16(34)12(5-26)38-23/h7-24,32-36H,1-6,25-31H2/t7-,8-,9+,10+,11+,12+,13-,14-,15+,16-,17-,18-,19-,20-,21-,22-,23?,24+/m1/s1. The van der Waals surface area contributed by atoms with Gasteiger partial charge in [0.05, 0.1) is 30.9 Å². The molecule has 3 saturated heterocycles. The van der Waals surface area contributed by atoms with Crippen LogP contribution < -0.4 is 40.1 Å². The van der Waals surface area contributed by atoms with E-state index in [2.05, 4.69) is 0 Å². The quantitative estimate of drug-likeness (QED) is 0.109. The van der Waals surface area contributed by atoms with E-state index in [9.17, 15) is 25.5 Å². The molecule has 0 aromatic rings. The lowest BCUT2D eigenvalue weighted by molar-refractivity contribution is -0.290. The zero-order valence-corrected chi connectivity index (χ0v) is 23.4. The van der Waals surface area contributed by atoms with Crippen LogP contribution in [-0.4, -0.2) is 155 Å². The first kappa shape index (κ1) is 34.2. The minimum absolute atomic E-state index is 0.140. The first-order valence-electron chi connectivity index (χ1n) is 14.4. The normalized spacial score (nSPS) is 51.0. The summed E-state index contributed by atoms with van der Waals surface area (Å²) < 4.78 is 35.4. The van der Waals surface area contributed by atoms with Gasteiger partial charge in [0, 0.05) is 31.2 Å². The van der Waals surface area contributed by atoms with Crippen LogP contribution in [0.2, 0.25) is 0 Å². The van der Waals surface area contributed by atoms with E-state index in [1.54, 1.807) is 0 Å². The largest absolute Gasteiger partial charge is 0.394 e. The Bertz CT molecular complexity index is 855. The van der Waals surface area contributed by atoms with Crippen LogP contribution in [-0.2, 0) is 28.4 Å². The van der Waals surface area contributed by atoms with Crippen LogP contribution in [0.4, 0.5) is 0 Å². The van der Waals surface area contributed by atoms with Crippen molar-refractivity contribution in [3.63, 3.8) is 0 Å². The van der Waals surface area contributed by atoms with Crippen LogP contribution in [0.5, 0.6) is 0 Å². The fraction of sp³-hybridized carbons (Fsp3) is 1.00. The average Bonchev–Trinajstić information content (AvgIpc) is 3.27. The molecule has 3 heterocycles. The molecule has 1 unspecified atom stereocenters. The van der Waals surface area contributed by atoms with Gasteiger partial charge >= 0.3 is 0 Å². The lowest BCUT2D eigenvalue weighted by atomic mass is 9.84. The van der Waals surface area contributed by atoms with Gasteiger partial charge in [-0.3, -0.25) is 0 Å². The summed E-state index contributed by atoms with van der Waals surface area (Å²) in [6, 6.07) is -3.68. The summed E-state index contributed by atoms with van der Waals surface area (Å²) in [6.45, 7) is -0.544. The number of aliphatic hydroxyl groups excluding tert-OH is 5. The number of hydrogen-bond acceptors (Lipinski definition) is 18. The molecule has 18 atom stereocenters. The second-order valence-electron chi connectivity index (χ2n) is 11.6. The minimum atomic E-state index is -1.54. The SMILES string of the molecule is NC[C@@H]1OC(O[C@H]2[C@@H](O)[C@H](O[C@@H]3[C@@H](O)[C@H](N)C[C@H](N)[C@H]3O[C@H]3O[C@H]([C@@H](N)CN)CC[C@H]3N)O[C@@H]2CO)[C@H](N)[C@@H](O)[C@@H]1O. The van der Waals surface area contributed by atoms with Gasteiger partial charge in [-0.2, -0.15) is 0 Å². The van der Waals surface area contributed by atoms with Crippen molar-refractivity contribution in [2.75, 3.05) is 19.7 Å². The van der Waals surface area contributed by atoms with Gasteiger partial charge in [0.25, 0.3) is 0 Å². The highest BCUT2D eigenvalue weighted by molar-refractivity contribution is 5.01. The van der Waals surface area contributed by atoms with E-state index in [0.29, 0.717) is 12.8 Å². The molecular formula is C24H49N7O11. The summed E-state index contributed by atoms with van der Waals surface area (Å²) in [5.41, 5.74) is 42.2. The van der Waals surface area contributed by atoms with Gasteiger partial charge < -0.3 is 94.1 Å². The Kier molecular flexibility index (Phi) is 11.9. The first-order valence-corrected chi connectivity index (χ1v) is 14.4. The third kappa shape index (κ3) is 7.06. The van der Waals surface area contributed by atoms with Crippen molar-refractivity contribution in [3.8, 4) is 0 Å². The molecule has 3 aliphatic heterocycles. The zero-order valence-electron chi connectivity index (χ0n) is 23.4. The second kappa shape index (κ2) is 14.6. The Morgan fingerprint density at radius 3 is 1.95 bits per heavy atom.